The van der Waals surface area contributed by atoms with E-state index in [2.05, 4.69) is 0 Å². The Bertz CT molecular complexity index is 932. The van der Waals surface area contributed by atoms with Gasteiger partial charge in [0, 0.05) is 3.57 Å². The number of hydrogen-bond acceptors (Lipinski definition) is 5. The summed E-state index contributed by atoms with van der Waals surface area (Å²) in [5.74, 6) is -0.688. The molecule has 6 heteroatoms. The monoisotopic (exact) mass is 427 g/mol. The first kappa shape index (κ1) is 17.5. The summed E-state index contributed by atoms with van der Waals surface area (Å²) >= 11 is 1.90. The minimum atomic E-state index is -0.688. The summed E-state index contributed by atoms with van der Waals surface area (Å²) in [5.41, 5.74) is 1.19. The molecule has 0 aliphatic carbocycles. The molecule has 0 N–H and O–H groups in total. The molecule has 0 saturated carbocycles. The molecule has 0 amide bonds. The Labute approximate surface area is 152 Å². The van der Waals surface area contributed by atoms with Crippen molar-refractivity contribution in [2.75, 3.05) is 0 Å². The molecule has 0 spiro atoms. The molecule has 0 aliphatic rings. The Morgan fingerprint density at radius 1 is 1.04 bits per heavy atom. The van der Waals surface area contributed by atoms with E-state index in [1.54, 1.807) is 6.92 Å². The van der Waals surface area contributed by atoms with Gasteiger partial charge in [0.15, 0.2) is 0 Å². The van der Waals surface area contributed by atoms with Crippen LogP contribution < -0.4 is 0 Å². The SMILES string of the molecule is Cc1c(I)c(C#N)c(C#N)c(C#N)c1C(=O)OCc1ccccc1. The maximum absolute atomic E-state index is 12.5. The standard InChI is InChI=1S/C18H10IN3O2/c1-11-16(18(23)24-10-12-5-3-2-4-6-12)14(8-21)13(7-20)15(9-22)17(11)19/h2-6H,10H2,1H3. The molecule has 0 heterocycles. The molecule has 0 saturated heterocycles. The maximum Gasteiger partial charge on any atom is 0.340 e. The lowest BCUT2D eigenvalue weighted by Crippen LogP contribution is -2.13. The zero-order chi connectivity index (χ0) is 17.7. The van der Waals surface area contributed by atoms with Gasteiger partial charge in [-0.25, -0.2) is 4.79 Å². The van der Waals surface area contributed by atoms with Crippen molar-refractivity contribution in [2.45, 2.75) is 13.5 Å². The third-order valence-corrected chi connectivity index (χ3v) is 4.77. The molecule has 0 fully saturated rings. The van der Waals surface area contributed by atoms with Crippen LogP contribution in [0.1, 0.15) is 38.2 Å². The van der Waals surface area contributed by atoms with Crippen molar-refractivity contribution >= 4 is 28.6 Å². The number of ether oxygens (including phenoxy) is 1. The minimum absolute atomic E-state index is 0.0355. The zero-order valence-electron chi connectivity index (χ0n) is 12.6. The van der Waals surface area contributed by atoms with Crippen LogP contribution in [0.5, 0.6) is 0 Å². The molecule has 0 unspecified atom stereocenters. The van der Waals surface area contributed by atoms with E-state index in [0.29, 0.717) is 9.13 Å². The number of esters is 1. The van der Waals surface area contributed by atoms with Crippen molar-refractivity contribution in [1.29, 1.82) is 15.8 Å². The molecule has 0 aromatic heterocycles. The molecule has 0 radical (unpaired) electrons. The Balaban J connectivity index is 2.49. The molecule has 0 aliphatic heterocycles. The lowest BCUT2D eigenvalue weighted by molar-refractivity contribution is 0.0471. The van der Waals surface area contributed by atoms with Gasteiger partial charge in [-0.2, -0.15) is 15.8 Å². The van der Waals surface area contributed by atoms with E-state index in [9.17, 15) is 20.6 Å². The number of benzene rings is 2. The number of nitrogens with zero attached hydrogens (tertiary/aromatic N) is 3. The van der Waals surface area contributed by atoms with Crippen molar-refractivity contribution in [3.05, 3.63) is 67.3 Å². The topological polar surface area (TPSA) is 97.7 Å². The summed E-state index contributed by atoms with van der Waals surface area (Å²) < 4.78 is 5.75. The van der Waals surface area contributed by atoms with E-state index < -0.39 is 5.97 Å². The number of carbonyl (C=O) groups is 1. The van der Waals surface area contributed by atoms with Gasteiger partial charge in [-0.15, -0.1) is 0 Å². The van der Waals surface area contributed by atoms with Crippen LogP contribution in [0.2, 0.25) is 0 Å². The largest absolute Gasteiger partial charge is 0.457 e. The molecule has 24 heavy (non-hydrogen) atoms. The van der Waals surface area contributed by atoms with Gasteiger partial charge in [-0.1, -0.05) is 30.3 Å². The molecule has 0 bridgehead atoms. The Kier molecular flexibility index (Phi) is 5.52. The lowest BCUT2D eigenvalue weighted by atomic mass is 9.93. The predicted molar refractivity (Wildman–Crippen MR) is 93.6 cm³/mol. The molecule has 5 nitrogen and oxygen atoms in total. The molecule has 0 atom stereocenters. The fourth-order valence-electron chi connectivity index (χ4n) is 2.22. The average Bonchev–Trinajstić information content (AvgIpc) is 2.61. The molecule has 2 aromatic rings. The second-order valence-corrected chi connectivity index (χ2v) is 5.91. The molecular weight excluding hydrogens is 417 g/mol. The van der Waals surface area contributed by atoms with Gasteiger partial charge in [0.05, 0.1) is 22.3 Å². The van der Waals surface area contributed by atoms with Gasteiger partial charge >= 0.3 is 5.97 Å². The van der Waals surface area contributed by atoms with Crippen molar-refractivity contribution < 1.29 is 9.53 Å². The number of rotatable bonds is 3. The first-order valence-corrected chi connectivity index (χ1v) is 7.90. The Morgan fingerprint density at radius 2 is 1.62 bits per heavy atom. The van der Waals surface area contributed by atoms with Crippen LogP contribution in [-0.2, 0) is 11.3 Å². The number of nitriles is 3. The van der Waals surface area contributed by atoms with Crippen molar-refractivity contribution in [1.82, 2.24) is 0 Å². The summed E-state index contributed by atoms with van der Waals surface area (Å²) in [5, 5.41) is 27.9. The van der Waals surface area contributed by atoms with Gasteiger partial charge in [-0.05, 0) is 40.6 Å². The fourth-order valence-corrected chi connectivity index (χ4v) is 2.88. The Morgan fingerprint density at radius 3 is 2.17 bits per heavy atom. The van der Waals surface area contributed by atoms with Crippen molar-refractivity contribution in [3.8, 4) is 18.2 Å². The van der Waals surface area contributed by atoms with Crippen LogP contribution in [0.25, 0.3) is 0 Å². The van der Waals surface area contributed by atoms with Crippen molar-refractivity contribution in [3.63, 3.8) is 0 Å². The van der Waals surface area contributed by atoms with Gasteiger partial charge in [0.1, 0.15) is 24.8 Å². The van der Waals surface area contributed by atoms with Crippen LogP contribution in [0.3, 0.4) is 0 Å². The zero-order valence-corrected chi connectivity index (χ0v) is 14.8. The maximum atomic E-state index is 12.5. The predicted octanol–water partition coefficient (Wildman–Crippen LogP) is 3.57. The van der Waals surface area contributed by atoms with E-state index in [0.717, 1.165) is 5.56 Å². The fraction of sp³-hybridized carbons (Fsp3) is 0.111. The first-order valence-electron chi connectivity index (χ1n) is 6.82. The van der Waals surface area contributed by atoms with Gasteiger partial charge in [-0.3, -0.25) is 0 Å². The molecular formula is C18H10IN3O2. The quantitative estimate of drug-likeness (QED) is 0.551. The second kappa shape index (κ2) is 7.59. The van der Waals surface area contributed by atoms with Crippen LogP contribution in [-0.4, -0.2) is 5.97 Å². The van der Waals surface area contributed by atoms with E-state index in [1.807, 2.05) is 71.1 Å². The second-order valence-electron chi connectivity index (χ2n) is 4.84. The molecule has 2 rings (SSSR count). The van der Waals surface area contributed by atoms with Crippen LogP contribution in [0.4, 0.5) is 0 Å². The minimum Gasteiger partial charge on any atom is -0.457 e. The van der Waals surface area contributed by atoms with Gasteiger partial charge in [0.25, 0.3) is 0 Å². The highest BCUT2D eigenvalue weighted by molar-refractivity contribution is 14.1. The normalized spacial score (nSPS) is 9.46. The summed E-state index contributed by atoms with van der Waals surface area (Å²) in [4.78, 5) is 12.5. The van der Waals surface area contributed by atoms with E-state index in [1.165, 1.54) is 0 Å². The highest BCUT2D eigenvalue weighted by Crippen LogP contribution is 2.29. The highest BCUT2D eigenvalue weighted by Gasteiger charge is 2.25. The average molecular weight is 427 g/mol. The molecule has 116 valence electrons. The van der Waals surface area contributed by atoms with Crippen LogP contribution >= 0.6 is 22.6 Å². The number of carbonyl (C=O) groups excluding carboxylic acids is 1. The third-order valence-electron chi connectivity index (χ3n) is 3.43. The first-order chi connectivity index (χ1) is 11.5. The lowest BCUT2D eigenvalue weighted by Gasteiger charge is -2.13. The number of hydrogen-bond donors (Lipinski definition) is 0. The van der Waals surface area contributed by atoms with E-state index in [-0.39, 0.29) is 28.9 Å². The summed E-state index contributed by atoms with van der Waals surface area (Å²) in [7, 11) is 0. The Hall–Kier alpha value is -2.89. The summed E-state index contributed by atoms with van der Waals surface area (Å²) in [6, 6.07) is 14.8. The van der Waals surface area contributed by atoms with E-state index >= 15 is 0 Å². The summed E-state index contributed by atoms with van der Waals surface area (Å²) in [6.45, 7) is 1.69. The van der Waals surface area contributed by atoms with Crippen LogP contribution in [0, 0.1) is 44.5 Å². The van der Waals surface area contributed by atoms with Crippen LogP contribution in [0.15, 0.2) is 30.3 Å². The molecule has 2 aromatic carbocycles. The van der Waals surface area contributed by atoms with Crippen molar-refractivity contribution in [2.24, 2.45) is 0 Å². The van der Waals surface area contributed by atoms with Gasteiger partial charge in [0.2, 0.25) is 0 Å². The number of halogens is 1. The smallest absolute Gasteiger partial charge is 0.340 e. The highest BCUT2D eigenvalue weighted by atomic mass is 127. The van der Waals surface area contributed by atoms with Gasteiger partial charge < -0.3 is 4.74 Å². The summed E-state index contributed by atoms with van der Waals surface area (Å²) in [6.07, 6.45) is 0. The third kappa shape index (κ3) is 3.22. The van der Waals surface area contributed by atoms with E-state index in [4.69, 9.17) is 4.74 Å².